The van der Waals surface area contributed by atoms with Gasteiger partial charge in [0.05, 0.1) is 0 Å². The monoisotopic (exact) mass is 179 g/mol. The van der Waals surface area contributed by atoms with E-state index in [1.165, 1.54) is 0 Å². The van der Waals surface area contributed by atoms with Gasteiger partial charge < -0.3 is 15.2 Å². The van der Waals surface area contributed by atoms with Crippen LogP contribution in [0.1, 0.15) is 13.9 Å². The summed E-state index contributed by atoms with van der Waals surface area (Å²) in [5, 5.41) is 0. The van der Waals surface area contributed by atoms with E-state index in [4.69, 9.17) is 17.9 Å². The van der Waals surface area contributed by atoms with E-state index < -0.39 is 6.75 Å². The average molecular weight is 179 g/mol. The normalized spacial score (nSPS) is 25.3. The fourth-order valence-corrected chi connectivity index (χ4v) is 1.93. The molecule has 1 aliphatic carbocycles. The van der Waals surface area contributed by atoms with Crippen molar-refractivity contribution >= 4 is 0 Å². The molecule has 1 heterocycles. The van der Waals surface area contributed by atoms with Crippen molar-refractivity contribution in [1.29, 1.82) is 0 Å². The van der Waals surface area contributed by atoms with Gasteiger partial charge >= 0.3 is 0 Å². The van der Waals surface area contributed by atoms with Crippen LogP contribution in [-0.4, -0.2) is 12.8 Å². The molecule has 0 atom stereocenters. The van der Waals surface area contributed by atoms with Crippen molar-refractivity contribution in [1.82, 2.24) is 0 Å². The smallest absolute Gasteiger partial charge is 0.231 e. The van der Waals surface area contributed by atoms with Crippen LogP contribution in [0.4, 0.5) is 0 Å². The molecule has 3 rings (SSSR count). The molecule has 2 N–H and O–H groups in total. The molecule has 13 heavy (non-hydrogen) atoms. The molecule has 0 fully saturated rings. The summed E-state index contributed by atoms with van der Waals surface area (Å²) in [5.74, 6) is 0.959. The lowest BCUT2D eigenvalue weighted by atomic mass is 10.1. The molecule has 0 saturated heterocycles. The number of nitrogens with two attached hydrogens (primary N) is 1. The Kier molecular flexibility index (Phi) is 1.01. The molecule has 68 valence electrons. The van der Waals surface area contributed by atoms with Crippen LogP contribution in [0.15, 0.2) is 12.1 Å². The predicted molar refractivity (Wildman–Crippen MR) is 47.9 cm³/mol. The highest BCUT2D eigenvalue weighted by Gasteiger charge is 2.23. The maximum Gasteiger partial charge on any atom is 0.231 e. The van der Waals surface area contributed by atoms with Gasteiger partial charge in [-0.2, -0.15) is 0 Å². The minimum atomic E-state index is -2.03. The number of benzene rings is 1. The van der Waals surface area contributed by atoms with Crippen molar-refractivity contribution in [2.75, 3.05) is 6.75 Å². The lowest BCUT2D eigenvalue weighted by molar-refractivity contribution is 0.174. The summed E-state index contributed by atoms with van der Waals surface area (Å²) in [6.07, 6.45) is 1.66. The Morgan fingerprint density at radius 1 is 1.23 bits per heavy atom. The molecule has 0 amide bonds. The van der Waals surface area contributed by atoms with E-state index in [1.807, 2.05) is 12.1 Å². The van der Waals surface area contributed by atoms with E-state index in [2.05, 4.69) is 0 Å². The average Bonchev–Trinajstić information content (AvgIpc) is 2.55. The fourth-order valence-electron chi connectivity index (χ4n) is 1.93. The topological polar surface area (TPSA) is 44.5 Å². The van der Waals surface area contributed by atoms with E-state index in [9.17, 15) is 0 Å². The van der Waals surface area contributed by atoms with Gasteiger partial charge in [-0.05, 0) is 36.1 Å². The molecule has 0 aromatic heterocycles. The Balaban J connectivity index is 2.03. The Morgan fingerprint density at radius 2 is 1.77 bits per heavy atom. The molecule has 1 aromatic carbocycles. The summed E-state index contributed by atoms with van der Waals surface area (Å²) in [4.78, 5) is 0. The molecule has 3 heteroatoms. The zero-order valence-electron chi connectivity index (χ0n) is 9.04. The highest BCUT2D eigenvalue weighted by molar-refractivity contribution is 5.50. The van der Waals surface area contributed by atoms with E-state index in [0.29, 0.717) is 11.5 Å². The van der Waals surface area contributed by atoms with Crippen molar-refractivity contribution < 1.29 is 12.2 Å². The summed E-state index contributed by atoms with van der Waals surface area (Å²) in [6.45, 7) is -2.03. The van der Waals surface area contributed by atoms with Crippen molar-refractivity contribution in [3.05, 3.63) is 23.3 Å². The summed E-state index contributed by atoms with van der Waals surface area (Å²) in [7, 11) is 0. The largest absolute Gasteiger partial charge is 0.454 e. The number of fused-ring (bicyclic) bond motifs is 2. The minimum Gasteiger partial charge on any atom is -0.454 e. The maximum absolute atomic E-state index is 7.33. The first kappa shape index (κ1) is 5.50. The van der Waals surface area contributed by atoms with E-state index in [1.54, 1.807) is 0 Å². The number of rotatable bonds is 0. The molecule has 3 nitrogen and oxygen atoms in total. The van der Waals surface area contributed by atoms with Gasteiger partial charge in [-0.1, -0.05) is 0 Å². The SMILES string of the molecule is [2H]C1([2H])Oc2cc3c(cc2O1)CC(N)C3. The summed E-state index contributed by atoms with van der Waals surface area (Å²) >= 11 is 0. The standard InChI is InChI=1S/C10H11NO2/c11-8-1-6-3-9-10(13-5-12-9)4-7(6)2-8/h3-4,8H,1-2,5,11H2/i5D2. The predicted octanol–water partition coefficient (Wildman–Crippen LogP) is 0.841. The van der Waals surface area contributed by atoms with Gasteiger partial charge in [0.15, 0.2) is 11.5 Å². The third-order valence-corrected chi connectivity index (χ3v) is 2.53. The third kappa shape index (κ3) is 1.00. The van der Waals surface area contributed by atoms with Gasteiger partial charge in [0.2, 0.25) is 6.75 Å². The molecule has 2 aliphatic rings. The van der Waals surface area contributed by atoms with Crippen LogP contribution >= 0.6 is 0 Å². The van der Waals surface area contributed by atoms with Crippen molar-refractivity contribution in [2.24, 2.45) is 5.73 Å². The van der Waals surface area contributed by atoms with Gasteiger partial charge in [-0.15, -0.1) is 0 Å². The molecule has 0 unspecified atom stereocenters. The highest BCUT2D eigenvalue weighted by atomic mass is 16.7. The molecule has 0 spiro atoms. The van der Waals surface area contributed by atoms with Gasteiger partial charge in [0.25, 0.3) is 0 Å². The number of hydrogen-bond acceptors (Lipinski definition) is 3. The van der Waals surface area contributed by atoms with Crippen LogP contribution < -0.4 is 15.2 Å². The van der Waals surface area contributed by atoms with Crippen molar-refractivity contribution in [3.8, 4) is 11.5 Å². The highest BCUT2D eigenvalue weighted by Crippen LogP contribution is 2.37. The van der Waals surface area contributed by atoms with E-state index >= 15 is 0 Å². The lowest BCUT2D eigenvalue weighted by Crippen LogP contribution is -2.19. The zero-order chi connectivity index (χ0) is 10.6. The van der Waals surface area contributed by atoms with Crippen molar-refractivity contribution in [3.63, 3.8) is 0 Å². The second-order valence-corrected chi connectivity index (χ2v) is 3.52. The molecule has 0 radical (unpaired) electrons. The number of ether oxygens (including phenoxy) is 2. The first-order valence-electron chi connectivity index (χ1n) is 5.33. The van der Waals surface area contributed by atoms with E-state index in [-0.39, 0.29) is 6.04 Å². The van der Waals surface area contributed by atoms with Crippen LogP contribution in [-0.2, 0) is 12.8 Å². The second-order valence-electron chi connectivity index (χ2n) is 3.52. The van der Waals surface area contributed by atoms with Gasteiger partial charge in [0.1, 0.15) is 2.74 Å². The molecule has 1 aliphatic heterocycles. The Morgan fingerprint density at radius 3 is 2.31 bits per heavy atom. The zero-order valence-corrected chi connectivity index (χ0v) is 7.04. The molecule has 1 aromatic rings. The molecule has 0 saturated carbocycles. The first-order valence-corrected chi connectivity index (χ1v) is 4.33. The quantitative estimate of drug-likeness (QED) is 0.642. The number of hydrogen-bond donors (Lipinski definition) is 1. The second kappa shape index (κ2) is 2.39. The fraction of sp³-hybridized carbons (Fsp3) is 0.400. The molecular formula is C10H11NO2. The van der Waals surface area contributed by atoms with Crippen LogP contribution in [0.3, 0.4) is 0 Å². The summed E-state index contributed by atoms with van der Waals surface area (Å²) in [6, 6.07) is 3.84. The lowest BCUT2D eigenvalue weighted by Gasteiger charge is -2.00. The van der Waals surface area contributed by atoms with Crippen molar-refractivity contribution in [2.45, 2.75) is 18.9 Å². The van der Waals surface area contributed by atoms with Gasteiger partial charge in [0, 0.05) is 6.04 Å². The summed E-state index contributed by atoms with van der Waals surface area (Å²) in [5.41, 5.74) is 8.12. The van der Waals surface area contributed by atoms with Crippen LogP contribution in [0, 0.1) is 0 Å². The first-order chi connectivity index (χ1) is 7.03. The van der Waals surface area contributed by atoms with Gasteiger partial charge in [-0.3, -0.25) is 0 Å². The molecular weight excluding hydrogens is 166 g/mol. The summed E-state index contributed by atoms with van der Waals surface area (Å²) < 4.78 is 24.7. The Hall–Kier alpha value is -1.22. The Labute approximate surface area is 79.3 Å². The maximum atomic E-state index is 7.33. The van der Waals surface area contributed by atoms with Gasteiger partial charge in [-0.25, -0.2) is 0 Å². The van der Waals surface area contributed by atoms with Crippen LogP contribution in [0.25, 0.3) is 0 Å². The minimum absolute atomic E-state index is 0.166. The van der Waals surface area contributed by atoms with E-state index in [0.717, 1.165) is 24.0 Å². The molecule has 0 bridgehead atoms. The Bertz CT molecular complexity index is 397. The van der Waals surface area contributed by atoms with Crippen LogP contribution in [0.5, 0.6) is 11.5 Å². The third-order valence-electron chi connectivity index (χ3n) is 2.53. The van der Waals surface area contributed by atoms with Crippen LogP contribution in [0.2, 0.25) is 0 Å².